The predicted octanol–water partition coefficient (Wildman–Crippen LogP) is 3.60. The molecule has 0 aromatic heterocycles. The van der Waals surface area contributed by atoms with Crippen LogP contribution in [0.25, 0.3) is 6.08 Å². The summed E-state index contributed by atoms with van der Waals surface area (Å²) in [5.41, 5.74) is -0.952. The highest BCUT2D eigenvalue weighted by atomic mass is 19.4. The summed E-state index contributed by atoms with van der Waals surface area (Å²) >= 11 is 0. The number of carbonyl (C=O) groups is 1. The Morgan fingerprint density at radius 2 is 2.00 bits per heavy atom. The Morgan fingerprint density at radius 1 is 1.35 bits per heavy atom. The standard InChI is InChI=1S/C14H15F3O3/c1-4-20-12(18)8-6-10-5-7-11(19-3)9(2)13(10)14(15,16)17/h5-8H,4H2,1-3H3. The smallest absolute Gasteiger partial charge is 0.417 e. The molecule has 1 aromatic carbocycles. The molecule has 0 aliphatic heterocycles. The highest BCUT2D eigenvalue weighted by Crippen LogP contribution is 2.38. The molecule has 0 aliphatic carbocycles. The van der Waals surface area contributed by atoms with E-state index in [1.165, 1.54) is 26.2 Å². The maximum absolute atomic E-state index is 13.1. The first kappa shape index (κ1) is 16.1. The molecule has 0 bridgehead atoms. The number of carbonyl (C=O) groups excluding carboxylic acids is 1. The predicted molar refractivity (Wildman–Crippen MR) is 68.4 cm³/mol. The van der Waals surface area contributed by atoms with Crippen LogP contribution in [0.2, 0.25) is 0 Å². The summed E-state index contributed by atoms with van der Waals surface area (Å²) in [4.78, 5) is 11.2. The van der Waals surface area contributed by atoms with Crippen LogP contribution in [0.5, 0.6) is 5.75 Å². The summed E-state index contributed by atoms with van der Waals surface area (Å²) in [6, 6.07) is 2.68. The Kier molecular flexibility index (Phi) is 5.19. The van der Waals surface area contributed by atoms with Crippen LogP contribution in [0.3, 0.4) is 0 Å². The highest BCUT2D eigenvalue weighted by Gasteiger charge is 2.35. The monoisotopic (exact) mass is 288 g/mol. The minimum Gasteiger partial charge on any atom is -0.496 e. The Balaban J connectivity index is 3.27. The minimum absolute atomic E-state index is 0.0222. The van der Waals surface area contributed by atoms with Crippen LogP contribution in [0.4, 0.5) is 13.2 Å². The van der Waals surface area contributed by atoms with Gasteiger partial charge in [-0.15, -0.1) is 0 Å². The van der Waals surface area contributed by atoms with Crippen LogP contribution in [0.1, 0.15) is 23.6 Å². The third-order valence-corrected chi connectivity index (χ3v) is 2.64. The van der Waals surface area contributed by atoms with Crippen molar-refractivity contribution in [3.8, 4) is 5.75 Å². The fourth-order valence-electron chi connectivity index (χ4n) is 1.80. The van der Waals surface area contributed by atoms with Crippen molar-refractivity contribution < 1.29 is 27.4 Å². The molecule has 0 spiro atoms. The Hall–Kier alpha value is -1.98. The summed E-state index contributed by atoms with van der Waals surface area (Å²) in [7, 11) is 1.30. The molecule has 0 fully saturated rings. The maximum atomic E-state index is 13.1. The second-order valence-electron chi connectivity index (χ2n) is 3.94. The number of benzene rings is 1. The van der Waals surface area contributed by atoms with Crippen LogP contribution in [0.15, 0.2) is 18.2 Å². The molecule has 0 heterocycles. The van der Waals surface area contributed by atoms with E-state index in [4.69, 9.17) is 4.74 Å². The van der Waals surface area contributed by atoms with Gasteiger partial charge < -0.3 is 9.47 Å². The van der Waals surface area contributed by atoms with Crippen molar-refractivity contribution in [2.45, 2.75) is 20.0 Å². The normalized spacial score (nSPS) is 11.7. The molecular weight excluding hydrogens is 273 g/mol. The topological polar surface area (TPSA) is 35.5 Å². The first-order valence-corrected chi connectivity index (χ1v) is 5.90. The minimum atomic E-state index is -4.53. The SMILES string of the molecule is CCOC(=O)C=Cc1ccc(OC)c(C)c1C(F)(F)F. The summed E-state index contributed by atoms with van der Waals surface area (Å²) in [6.45, 7) is 3.10. The van der Waals surface area contributed by atoms with Crippen molar-refractivity contribution in [2.75, 3.05) is 13.7 Å². The van der Waals surface area contributed by atoms with Gasteiger partial charge in [0.2, 0.25) is 0 Å². The van der Waals surface area contributed by atoms with Gasteiger partial charge in [-0.1, -0.05) is 6.07 Å². The van der Waals surface area contributed by atoms with E-state index < -0.39 is 17.7 Å². The van der Waals surface area contributed by atoms with E-state index in [-0.39, 0.29) is 23.5 Å². The third kappa shape index (κ3) is 3.76. The lowest BCUT2D eigenvalue weighted by molar-refractivity contribution is -0.139. The van der Waals surface area contributed by atoms with Crippen LogP contribution in [-0.2, 0) is 15.7 Å². The molecule has 1 aromatic rings. The van der Waals surface area contributed by atoms with Crippen LogP contribution < -0.4 is 4.74 Å². The zero-order valence-corrected chi connectivity index (χ0v) is 11.4. The second-order valence-corrected chi connectivity index (χ2v) is 3.94. The number of rotatable bonds is 4. The summed E-state index contributed by atoms with van der Waals surface area (Å²) in [6.07, 6.45) is -2.47. The first-order valence-electron chi connectivity index (χ1n) is 5.90. The lowest BCUT2D eigenvalue weighted by Crippen LogP contribution is -2.11. The molecule has 1 rings (SSSR count). The van der Waals surface area contributed by atoms with E-state index in [1.54, 1.807) is 6.92 Å². The maximum Gasteiger partial charge on any atom is 0.417 e. The lowest BCUT2D eigenvalue weighted by atomic mass is 10.00. The van der Waals surface area contributed by atoms with Crippen molar-refractivity contribution in [1.82, 2.24) is 0 Å². The lowest BCUT2D eigenvalue weighted by Gasteiger charge is -2.16. The molecule has 0 saturated carbocycles. The van der Waals surface area contributed by atoms with Gasteiger partial charge in [0.05, 0.1) is 19.3 Å². The van der Waals surface area contributed by atoms with Crippen molar-refractivity contribution in [2.24, 2.45) is 0 Å². The molecular formula is C14H15F3O3. The molecule has 3 nitrogen and oxygen atoms in total. The highest BCUT2D eigenvalue weighted by molar-refractivity contribution is 5.87. The third-order valence-electron chi connectivity index (χ3n) is 2.64. The van der Waals surface area contributed by atoms with E-state index in [0.717, 1.165) is 12.2 Å². The number of methoxy groups -OCH3 is 1. The fraction of sp³-hybridized carbons (Fsp3) is 0.357. The van der Waals surface area contributed by atoms with Gasteiger partial charge in [0.15, 0.2) is 0 Å². The van der Waals surface area contributed by atoms with Gasteiger partial charge in [0.25, 0.3) is 0 Å². The average molecular weight is 288 g/mol. The summed E-state index contributed by atoms with van der Waals surface area (Å²) in [5.74, 6) is -0.542. The van der Waals surface area contributed by atoms with Crippen molar-refractivity contribution in [3.05, 3.63) is 34.9 Å². The second kappa shape index (κ2) is 6.45. The zero-order valence-electron chi connectivity index (χ0n) is 11.4. The molecule has 0 aliphatic rings. The average Bonchev–Trinajstić information content (AvgIpc) is 2.35. The zero-order chi connectivity index (χ0) is 15.3. The van der Waals surface area contributed by atoms with Gasteiger partial charge in [0, 0.05) is 11.6 Å². The molecule has 6 heteroatoms. The Morgan fingerprint density at radius 3 is 2.50 bits per heavy atom. The molecule has 20 heavy (non-hydrogen) atoms. The Labute approximate surface area is 115 Å². The van der Waals surface area contributed by atoms with Gasteiger partial charge in [0.1, 0.15) is 5.75 Å². The van der Waals surface area contributed by atoms with Crippen LogP contribution in [-0.4, -0.2) is 19.7 Å². The summed E-state index contributed by atoms with van der Waals surface area (Å²) in [5, 5.41) is 0. The van der Waals surface area contributed by atoms with Crippen molar-refractivity contribution >= 4 is 12.0 Å². The van der Waals surface area contributed by atoms with Gasteiger partial charge in [-0.25, -0.2) is 4.79 Å². The molecule has 0 unspecified atom stereocenters. The van der Waals surface area contributed by atoms with E-state index in [9.17, 15) is 18.0 Å². The number of esters is 1. The molecule has 0 saturated heterocycles. The fourth-order valence-corrected chi connectivity index (χ4v) is 1.80. The van der Waals surface area contributed by atoms with Crippen molar-refractivity contribution in [1.29, 1.82) is 0 Å². The van der Waals surface area contributed by atoms with Gasteiger partial charge >= 0.3 is 12.1 Å². The van der Waals surface area contributed by atoms with Gasteiger partial charge in [-0.3, -0.25) is 0 Å². The number of hydrogen-bond acceptors (Lipinski definition) is 3. The molecule has 0 N–H and O–H groups in total. The van der Waals surface area contributed by atoms with Crippen LogP contribution in [0, 0.1) is 6.92 Å². The van der Waals surface area contributed by atoms with E-state index in [2.05, 4.69) is 4.74 Å². The van der Waals surface area contributed by atoms with Gasteiger partial charge in [-0.2, -0.15) is 13.2 Å². The molecule has 0 atom stereocenters. The number of alkyl halides is 3. The number of halogens is 3. The Bertz CT molecular complexity index is 519. The van der Waals surface area contributed by atoms with E-state index >= 15 is 0 Å². The van der Waals surface area contributed by atoms with Crippen molar-refractivity contribution in [3.63, 3.8) is 0 Å². The number of hydrogen-bond donors (Lipinski definition) is 0. The molecule has 0 amide bonds. The molecule has 110 valence electrons. The number of ether oxygens (including phenoxy) is 2. The molecule has 0 radical (unpaired) electrons. The van der Waals surface area contributed by atoms with E-state index in [0.29, 0.717) is 0 Å². The summed E-state index contributed by atoms with van der Waals surface area (Å²) < 4.78 is 48.8. The quantitative estimate of drug-likeness (QED) is 0.627. The van der Waals surface area contributed by atoms with Gasteiger partial charge in [-0.05, 0) is 31.6 Å². The van der Waals surface area contributed by atoms with Crippen LogP contribution >= 0.6 is 0 Å². The first-order chi connectivity index (χ1) is 9.31. The van der Waals surface area contributed by atoms with E-state index in [1.807, 2.05) is 0 Å². The largest absolute Gasteiger partial charge is 0.496 e.